The van der Waals surface area contributed by atoms with E-state index in [0.29, 0.717) is 18.7 Å². The fourth-order valence-electron chi connectivity index (χ4n) is 5.56. The molecule has 0 radical (unpaired) electrons. The predicted molar refractivity (Wildman–Crippen MR) is 156 cm³/mol. The minimum Gasteiger partial charge on any atom is -0.344 e. The highest BCUT2D eigenvalue weighted by Crippen LogP contribution is 2.43. The fourth-order valence-corrected chi connectivity index (χ4v) is 6.49. The lowest BCUT2D eigenvalue weighted by Crippen LogP contribution is -2.45. The standard InChI is InChI=1S/C31H48N2O3S/c1-2-3-4-5-6-7-8-9-10-11-12-13-14-15-19-26-31-32(27-28-22-17-16-18-23-28)29-24-20-21-25-30(29)33(31)37(34,35)36/h16-18,20-25,31H,2-15,19,26-27H2,1H3,(H,34,35,36). The molecule has 37 heavy (non-hydrogen) atoms. The van der Waals surface area contributed by atoms with Crippen LogP contribution in [-0.2, 0) is 16.8 Å². The number of nitrogens with zero attached hydrogens (tertiary/aromatic N) is 2. The molecular formula is C31H48N2O3S. The Morgan fingerprint density at radius 2 is 1.11 bits per heavy atom. The SMILES string of the molecule is CCCCCCCCCCCCCCCCCC1N(Cc2ccccc2)c2ccccc2N1S(=O)(=O)O. The van der Waals surface area contributed by atoms with Gasteiger partial charge in [0.2, 0.25) is 0 Å². The van der Waals surface area contributed by atoms with E-state index in [1.54, 1.807) is 6.07 Å². The second kappa shape index (κ2) is 16.0. The first kappa shape index (κ1) is 29.5. The van der Waals surface area contributed by atoms with Gasteiger partial charge < -0.3 is 4.90 Å². The number of anilines is 2. The number of rotatable bonds is 19. The molecule has 0 fully saturated rings. The first-order valence-corrected chi connectivity index (χ1v) is 16.1. The summed E-state index contributed by atoms with van der Waals surface area (Å²) in [7, 11) is -4.37. The van der Waals surface area contributed by atoms with Crippen molar-refractivity contribution in [3.8, 4) is 0 Å². The third kappa shape index (κ3) is 9.64. The average molecular weight is 529 g/mol. The van der Waals surface area contributed by atoms with Gasteiger partial charge in [-0.2, -0.15) is 8.42 Å². The Labute approximate surface area is 226 Å². The van der Waals surface area contributed by atoms with E-state index >= 15 is 0 Å². The molecule has 0 saturated carbocycles. The van der Waals surface area contributed by atoms with E-state index in [2.05, 4.69) is 24.0 Å². The highest BCUT2D eigenvalue weighted by molar-refractivity contribution is 7.87. The fraction of sp³-hybridized carbons (Fsp3) is 0.613. The van der Waals surface area contributed by atoms with Crippen LogP contribution in [0.25, 0.3) is 0 Å². The van der Waals surface area contributed by atoms with Crippen LogP contribution in [-0.4, -0.2) is 19.1 Å². The van der Waals surface area contributed by atoms with Gasteiger partial charge in [0, 0.05) is 6.54 Å². The van der Waals surface area contributed by atoms with Crippen LogP contribution < -0.4 is 9.21 Å². The van der Waals surface area contributed by atoms with Gasteiger partial charge in [-0.3, -0.25) is 4.55 Å². The van der Waals surface area contributed by atoms with Crippen molar-refractivity contribution in [3.63, 3.8) is 0 Å². The number of para-hydroxylation sites is 2. The van der Waals surface area contributed by atoms with Gasteiger partial charge in [-0.05, 0) is 30.5 Å². The molecule has 1 N–H and O–H groups in total. The number of hydrogen-bond donors (Lipinski definition) is 1. The molecule has 5 nitrogen and oxygen atoms in total. The van der Waals surface area contributed by atoms with Crippen LogP contribution in [0.3, 0.4) is 0 Å². The van der Waals surface area contributed by atoms with Crippen LogP contribution >= 0.6 is 0 Å². The molecule has 0 aliphatic carbocycles. The monoisotopic (exact) mass is 528 g/mol. The van der Waals surface area contributed by atoms with E-state index in [0.717, 1.165) is 24.1 Å². The molecule has 2 aromatic rings. The third-order valence-corrected chi connectivity index (χ3v) is 8.51. The highest BCUT2D eigenvalue weighted by atomic mass is 32.2. The number of unbranched alkanes of at least 4 members (excludes halogenated alkanes) is 14. The summed E-state index contributed by atoms with van der Waals surface area (Å²) in [6.45, 7) is 2.88. The van der Waals surface area contributed by atoms with Crippen LogP contribution in [0.1, 0.15) is 115 Å². The zero-order chi connectivity index (χ0) is 26.3. The van der Waals surface area contributed by atoms with Crippen molar-refractivity contribution in [1.82, 2.24) is 0 Å². The summed E-state index contributed by atoms with van der Waals surface area (Å²) >= 11 is 0. The minimum atomic E-state index is -4.37. The van der Waals surface area contributed by atoms with Gasteiger partial charge in [-0.25, -0.2) is 4.31 Å². The zero-order valence-corrected chi connectivity index (χ0v) is 23.7. The average Bonchev–Trinajstić information content (AvgIpc) is 3.20. The van der Waals surface area contributed by atoms with Crippen molar-refractivity contribution in [2.45, 2.75) is 122 Å². The molecule has 0 saturated heterocycles. The largest absolute Gasteiger partial charge is 0.361 e. The maximum Gasteiger partial charge on any atom is 0.361 e. The minimum absolute atomic E-state index is 0.408. The molecular weight excluding hydrogens is 480 g/mol. The molecule has 1 aliphatic rings. The summed E-state index contributed by atoms with van der Waals surface area (Å²) in [5, 5.41) is 0. The Morgan fingerprint density at radius 3 is 1.62 bits per heavy atom. The van der Waals surface area contributed by atoms with E-state index in [-0.39, 0.29) is 0 Å². The molecule has 0 spiro atoms. The van der Waals surface area contributed by atoms with E-state index in [4.69, 9.17) is 0 Å². The van der Waals surface area contributed by atoms with Crippen LogP contribution in [0.2, 0.25) is 0 Å². The Hall–Kier alpha value is -2.05. The van der Waals surface area contributed by atoms with Crippen molar-refractivity contribution in [2.75, 3.05) is 9.21 Å². The summed E-state index contributed by atoms with van der Waals surface area (Å²) < 4.78 is 36.2. The topological polar surface area (TPSA) is 60.9 Å². The Morgan fingerprint density at radius 1 is 0.649 bits per heavy atom. The molecule has 1 atom stereocenters. The normalized spacial score (nSPS) is 15.4. The number of fused-ring (bicyclic) bond motifs is 1. The first-order valence-electron chi connectivity index (χ1n) is 14.7. The molecule has 1 aliphatic heterocycles. The van der Waals surface area contributed by atoms with E-state index in [1.807, 2.05) is 36.4 Å². The Balaban J connectivity index is 1.40. The Kier molecular flexibility index (Phi) is 12.8. The molecule has 2 aromatic carbocycles. The second-order valence-corrected chi connectivity index (χ2v) is 11.9. The van der Waals surface area contributed by atoms with Gasteiger partial charge >= 0.3 is 10.3 Å². The van der Waals surface area contributed by atoms with Crippen LogP contribution in [0.5, 0.6) is 0 Å². The van der Waals surface area contributed by atoms with Gasteiger partial charge in [-0.1, -0.05) is 139 Å². The van der Waals surface area contributed by atoms with Gasteiger partial charge in [0.15, 0.2) is 0 Å². The van der Waals surface area contributed by atoms with Crippen LogP contribution in [0.15, 0.2) is 54.6 Å². The van der Waals surface area contributed by atoms with Crippen molar-refractivity contribution in [1.29, 1.82) is 0 Å². The van der Waals surface area contributed by atoms with Crippen LogP contribution in [0.4, 0.5) is 11.4 Å². The van der Waals surface area contributed by atoms with E-state index in [1.165, 1.54) is 87.8 Å². The molecule has 1 heterocycles. The third-order valence-electron chi connectivity index (χ3n) is 7.57. The van der Waals surface area contributed by atoms with Gasteiger partial charge in [0.1, 0.15) is 6.17 Å². The number of benzene rings is 2. The molecule has 206 valence electrons. The van der Waals surface area contributed by atoms with Crippen molar-refractivity contribution in [2.24, 2.45) is 0 Å². The first-order chi connectivity index (χ1) is 18.0. The molecule has 0 amide bonds. The smallest absolute Gasteiger partial charge is 0.344 e. The molecule has 0 bridgehead atoms. The van der Waals surface area contributed by atoms with Gasteiger partial charge in [-0.15, -0.1) is 0 Å². The molecule has 3 rings (SSSR count). The zero-order valence-electron chi connectivity index (χ0n) is 22.9. The summed E-state index contributed by atoms with van der Waals surface area (Å²) in [5.41, 5.74) is 2.54. The second-order valence-electron chi connectivity index (χ2n) is 10.6. The lowest BCUT2D eigenvalue weighted by Gasteiger charge is -2.31. The molecule has 1 unspecified atom stereocenters. The maximum absolute atomic E-state index is 12.4. The van der Waals surface area contributed by atoms with E-state index in [9.17, 15) is 13.0 Å². The van der Waals surface area contributed by atoms with Crippen molar-refractivity contribution in [3.05, 3.63) is 60.2 Å². The predicted octanol–water partition coefficient (Wildman–Crippen LogP) is 8.90. The highest BCUT2D eigenvalue weighted by Gasteiger charge is 2.41. The number of hydrogen-bond acceptors (Lipinski definition) is 3. The van der Waals surface area contributed by atoms with Gasteiger partial charge in [0.25, 0.3) is 0 Å². The van der Waals surface area contributed by atoms with Crippen LogP contribution in [0, 0.1) is 0 Å². The van der Waals surface area contributed by atoms with Crippen molar-refractivity contribution >= 4 is 21.7 Å². The Bertz CT molecular complexity index is 997. The van der Waals surface area contributed by atoms with Gasteiger partial charge in [0.05, 0.1) is 11.4 Å². The lowest BCUT2D eigenvalue weighted by atomic mass is 10.0. The summed E-state index contributed by atoms with van der Waals surface area (Å²) in [6, 6.07) is 17.6. The summed E-state index contributed by atoms with van der Waals surface area (Å²) in [5.74, 6) is 0. The van der Waals surface area contributed by atoms with Crippen molar-refractivity contribution < 1.29 is 13.0 Å². The molecule has 0 aromatic heterocycles. The summed E-state index contributed by atoms with van der Waals surface area (Å²) in [4.78, 5) is 2.13. The summed E-state index contributed by atoms with van der Waals surface area (Å²) in [6.07, 6.45) is 19.8. The quantitative estimate of drug-likeness (QED) is 0.146. The lowest BCUT2D eigenvalue weighted by molar-refractivity contribution is 0.456. The van der Waals surface area contributed by atoms with E-state index < -0.39 is 16.5 Å². The maximum atomic E-state index is 12.4. The molecule has 6 heteroatoms.